The Balaban J connectivity index is 2.11. The van der Waals surface area contributed by atoms with Gasteiger partial charge in [0.2, 0.25) is 5.91 Å². The molecule has 0 radical (unpaired) electrons. The number of amides is 1. The Labute approximate surface area is 146 Å². The molecule has 2 aromatic rings. The van der Waals surface area contributed by atoms with Crippen LogP contribution < -0.4 is 0 Å². The van der Waals surface area contributed by atoms with Crippen LogP contribution in [-0.4, -0.2) is 44.4 Å². The maximum Gasteiger partial charge on any atom is 0.233 e. The van der Waals surface area contributed by atoms with E-state index in [2.05, 4.69) is 24.0 Å². The van der Waals surface area contributed by atoms with Gasteiger partial charge in [-0.15, -0.1) is 10.2 Å². The van der Waals surface area contributed by atoms with E-state index < -0.39 is 0 Å². The quantitative estimate of drug-likeness (QED) is 0.684. The van der Waals surface area contributed by atoms with Crippen LogP contribution >= 0.6 is 11.8 Å². The van der Waals surface area contributed by atoms with Crippen LogP contribution in [0.25, 0.3) is 5.69 Å². The van der Waals surface area contributed by atoms with Crippen molar-refractivity contribution in [2.75, 3.05) is 18.8 Å². The second kappa shape index (κ2) is 8.82. The van der Waals surface area contributed by atoms with E-state index in [0.717, 1.165) is 31.6 Å². The standard InChI is InChI=1S/C17H23FN4OS/c1-4-10-21(11-5-2)16(23)12-24-17-20-19-13(3)22(17)15-8-6-14(18)7-9-15/h6-9H,4-5,10-12H2,1-3H3. The number of hydrogen-bond donors (Lipinski definition) is 0. The predicted octanol–water partition coefficient (Wildman–Crippen LogP) is 3.46. The van der Waals surface area contributed by atoms with Gasteiger partial charge in [-0.1, -0.05) is 25.6 Å². The third-order valence-corrected chi connectivity index (χ3v) is 4.46. The van der Waals surface area contributed by atoms with Crippen molar-refractivity contribution in [3.63, 3.8) is 0 Å². The van der Waals surface area contributed by atoms with E-state index in [-0.39, 0.29) is 11.7 Å². The van der Waals surface area contributed by atoms with Gasteiger partial charge in [0.1, 0.15) is 11.6 Å². The van der Waals surface area contributed by atoms with E-state index >= 15 is 0 Å². The summed E-state index contributed by atoms with van der Waals surface area (Å²) in [5.41, 5.74) is 0.785. The molecule has 1 heterocycles. The second-order valence-corrected chi connectivity index (χ2v) is 6.45. The van der Waals surface area contributed by atoms with Gasteiger partial charge in [0.05, 0.1) is 5.75 Å². The number of thioether (sulfide) groups is 1. The molecule has 130 valence electrons. The van der Waals surface area contributed by atoms with Gasteiger partial charge < -0.3 is 4.90 Å². The maximum atomic E-state index is 13.1. The Morgan fingerprint density at radius 3 is 2.38 bits per heavy atom. The molecular weight excluding hydrogens is 327 g/mol. The van der Waals surface area contributed by atoms with Crippen molar-refractivity contribution in [1.29, 1.82) is 0 Å². The number of nitrogens with zero attached hydrogens (tertiary/aromatic N) is 4. The monoisotopic (exact) mass is 350 g/mol. The van der Waals surface area contributed by atoms with E-state index in [1.807, 2.05) is 16.4 Å². The van der Waals surface area contributed by atoms with Crippen LogP contribution in [0.3, 0.4) is 0 Å². The van der Waals surface area contributed by atoms with Crippen LogP contribution in [0.4, 0.5) is 4.39 Å². The van der Waals surface area contributed by atoms with Gasteiger partial charge >= 0.3 is 0 Å². The summed E-state index contributed by atoms with van der Waals surface area (Å²) in [6, 6.07) is 6.16. The Hall–Kier alpha value is -1.89. The van der Waals surface area contributed by atoms with Crippen molar-refractivity contribution < 1.29 is 9.18 Å². The average molecular weight is 350 g/mol. The average Bonchev–Trinajstić information content (AvgIpc) is 2.94. The van der Waals surface area contributed by atoms with E-state index in [0.29, 0.717) is 16.7 Å². The van der Waals surface area contributed by atoms with Crippen molar-refractivity contribution in [3.8, 4) is 5.69 Å². The Morgan fingerprint density at radius 2 is 1.79 bits per heavy atom. The number of carbonyl (C=O) groups is 1. The number of hydrogen-bond acceptors (Lipinski definition) is 4. The largest absolute Gasteiger partial charge is 0.342 e. The highest BCUT2D eigenvalue weighted by atomic mass is 32.2. The normalized spacial score (nSPS) is 10.8. The molecular formula is C17H23FN4OS. The molecule has 0 N–H and O–H groups in total. The molecule has 0 fully saturated rings. The Morgan fingerprint density at radius 1 is 1.17 bits per heavy atom. The van der Waals surface area contributed by atoms with E-state index in [1.54, 1.807) is 12.1 Å². The van der Waals surface area contributed by atoms with Crippen LogP contribution in [0.2, 0.25) is 0 Å². The molecule has 24 heavy (non-hydrogen) atoms. The lowest BCUT2D eigenvalue weighted by Gasteiger charge is -2.21. The molecule has 1 aromatic heterocycles. The first-order valence-corrected chi connectivity index (χ1v) is 9.13. The minimum absolute atomic E-state index is 0.106. The molecule has 0 bridgehead atoms. The van der Waals surface area contributed by atoms with Crippen molar-refractivity contribution in [2.45, 2.75) is 38.8 Å². The van der Waals surface area contributed by atoms with Crippen molar-refractivity contribution in [3.05, 3.63) is 35.9 Å². The molecule has 5 nitrogen and oxygen atoms in total. The molecule has 1 aromatic carbocycles. The minimum Gasteiger partial charge on any atom is -0.342 e. The van der Waals surface area contributed by atoms with Gasteiger partial charge in [0.15, 0.2) is 5.16 Å². The summed E-state index contributed by atoms with van der Waals surface area (Å²) < 4.78 is 15.0. The smallest absolute Gasteiger partial charge is 0.233 e. The fourth-order valence-corrected chi connectivity index (χ4v) is 3.34. The first-order valence-electron chi connectivity index (χ1n) is 8.15. The fraction of sp³-hybridized carbons (Fsp3) is 0.471. The number of rotatable bonds is 8. The number of halogens is 1. The lowest BCUT2D eigenvalue weighted by molar-refractivity contribution is -0.128. The SMILES string of the molecule is CCCN(CCC)C(=O)CSc1nnc(C)n1-c1ccc(F)cc1. The predicted molar refractivity (Wildman–Crippen MR) is 93.9 cm³/mol. The molecule has 0 aliphatic carbocycles. The number of aryl methyl sites for hydroxylation is 1. The number of benzene rings is 1. The van der Waals surface area contributed by atoms with E-state index in [9.17, 15) is 9.18 Å². The van der Waals surface area contributed by atoms with E-state index in [4.69, 9.17) is 0 Å². The van der Waals surface area contributed by atoms with Crippen molar-refractivity contribution in [2.24, 2.45) is 0 Å². The molecule has 2 rings (SSSR count). The van der Waals surface area contributed by atoms with Crippen LogP contribution in [0.1, 0.15) is 32.5 Å². The summed E-state index contributed by atoms with van der Waals surface area (Å²) in [6.07, 6.45) is 1.89. The maximum absolute atomic E-state index is 13.1. The summed E-state index contributed by atoms with van der Waals surface area (Å²) in [5, 5.41) is 8.87. The van der Waals surface area contributed by atoms with Gasteiger partial charge in [-0.25, -0.2) is 4.39 Å². The van der Waals surface area contributed by atoms with Gasteiger partial charge in [0, 0.05) is 18.8 Å². The molecule has 0 spiro atoms. The third-order valence-electron chi connectivity index (χ3n) is 3.54. The first-order chi connectivity index (χ1) is 11.6. The summed E-state index contributed by atoms with van der Waals surface area (Å²) >= 11 is 1.36. The summed E-state index contributed by atoms with van der Waals surface area (Å²) in [4.78, 5) is 14.3. The lowest BCUT2D eigenvalue weighted by atomic mass is 10.3. The summed E-state index contributed by atoms with van der Waals surface area (Å²) in [5.74, 6) is 0.841. The molecule has 1 amide bonds. The van der Waals surface area contributed by atoms with Gasteiger partial charge in [-0.3, -0.25) is 9.36 Å². The highest BCUT2D eigenvalue weighted by molar-refractivity contribution is 7.99. The first kappa shape index (κ1) is 18.4. The third kappa shape index (κ3) is 4.56. The van der Waals surface area contributed by atoms with Crippen LogP contribution in [-0.2, 0) is 4.79 Å². The Bertz CT molecular complexity index is 666. The minimum atomic E-state index is -0.288. The molecule has 0 saturated carbocycles. The highest BCUT2D eigenvalue weighted by Gasteiger charge is 2.16. The fourth-order valence-electron chi connectivity index (χ4n) is 2.44. The molecule has 7 heteroatoms. The zero-order valence-electron chi connectivity index (χ0n) is 14.3. The number of carbonyl (C=O) groups excluding carboxylic acids is 1. The van der Waals surface area contributed by atoms with Gasteiger partial charge in [0.25, 0.3) is 0 Å². The second-order valence-electron chi connectivity index (χ2n) is 5.51. The molecule has 0 atom stereocenters. The Kier molecular flexibility index (Phi) is 6.78. The molecule has 0 unspecified atom stereocenters. The van der Waals surface area contributed by atoms with E-state index in [1.165, 1.54) is 23.9 Å². The zero-order chi connectivity index (χ0) is 17.5. The van der Waals surface area contributed by atoms with Crippen molar-refractivity contribution in [1.82, 2.24) is 19.7 Å². The summed E-state index contributed by atoms with van der Waals surface area (Å²) in [6.45, 7) is 7.52. The highest BCUT2D eigenvalue weighted by Crippen LogP contribution is 2.22. The number of aromatic nitrogens is 3. The van der Waals surface area contributed by atoms with Crippen LogP contribution in [0, 0.1) is 12.7 Å². The van der Waals surface area contributed by atoms with Gasteiger partial charge in [-0.2, -0.15) is 0 Å². The molecule has 0 aliphatic heterocycles. The van der Waals surface area contributed by atoms with Crippen LogP contribution in [0.15, 0.2) is 29.4 Å². The molecule has 0 saturated heterocycles. The zero-order valence-corrected chi connectivity index (χ0v) is 15.1. The topological polar surface area (TPSA) is 51.0 Å². The van der Waals surface area contributed by atoms with Crippen molar-refractivity contribution >= 4 is 17.7 Å². The lowest BCUT2D eigenvalue weighted by Crippen LogP contribution is -2.33. The molecule has 0 aliphatic rings. The summed E-state index contributed by atoms with van der Waals surface area (Å²) in [7, 11) is 0. The van der Waals surface area contributed by atoms with Gasteiger partial charge in [-0.05, 0) is 44.0 Å². The van der Waals surface area contributed by atoms with Crippen LogP contribution in [0.5, 0.6) is 0 Å².